The van der Waals surface area contributed by atoms with Crippen LogP contribution in [0.3, 0.4) is 0 Å². The number of piperidine rings is 2. The number of hydrogen-bond donors (Lipinski definition) is 0. The van der Waals surface area contributed by atoms with Crippen molar-refractivity contribution < 1.29 is 9.59 Å². The molecule has 24 heavy (non-hydrogen) atoms. The summed E-state index contributed by atoms with van der Waals surface area (Å²) in [7, 11) is 0. The summed E-state index contributed by atoms with van der Waals surface area (Å²) in [4.78, 5) is 37.8. The molecule has 2 saturated heterocycles. The summed E-state index contributed by atoms with van der Waals surface area (Å²) in [6.07, 6.45) is 10.1. The van der Waals surface area contributed by atoms with Crippen LogP contribution in [-0.2, 0) is 4.79 Å². The predicted octanol–water partition coefficient (Wildman–Crippen LogP) is 2.06. The Bertz CT molecular complexity index is 701. The van der Waals surface area contributed by atoms with Gasteiger partial charge in [-0.3, -0.25) is 9.59 Å². The van der Waals surface area contributed by atoms with Crippen molar-refractivity contribution in [3.05, 3.63) is 23.7 Å². The van der Waals surface area contributed by atoms with Crippen LogP contribution in [0.15, 0.2) is 12.3 Å². The molecule has 0 N–H and O–H groups in total. The summed E-state index contributed by atoms with van der Waals surface area (Å²) in [6.45, 7) is 3.76. The van der Waals surface area contributed by atoms with Crippen molar-refractivity contribution >= 4 is 23.1 Å². The van der Waals surface area contributed by atoms with E-state index < -0.39 is 11.6 Å². The van der Waals surface area contributed by atoms with E-state index in [0.29, 0.717) is 5.69 Å². The molecule has 6 nitrogen and oxygen atoms in total. The van der Waals surface area contributed by atoms with E-state index in [9.17, 15) is 9.59 Å². The minimum atomic E-state index is -0.538. The summed E-state index contributed by atoms with van der Waals surface area (Å²) >= 11 is 0. The number of rotatable bonds is 2. The van der Waals surface area contributed by atoms with Gasteiger partial charge in [0.15, 0.2) is 0 Å². The van der Waals surface area contributed by atoms with Gasteiger partial charge in [0.2, 0.25) is 5.78 Å². The third kappa shape index (κ3) is 2.70. The number of ketones is 2. The molecule has 3 heterocycles. The molecule has 0 atom stereocenters. The van der Waals surface area contributed by atoms with Gasteiger partial charge in [0.25, 0.3) is 5.78 Å². The first-order valence-electron chi connectivity index (χ1n) is 8.92. The molecule has 0 spiro atoms. The van der Waals surface area contributed by atoms with Gasteiger partial charge in [-0.25, -0.2) is 9.97 Å². The number of aromatic nitrogens is 2. The van der Waals surface area contributed by atoms with E-state index >= 15 is 0 Å². The Morgan fingerprint density at radius 3 is 2.08 bits per heavy atom. The van der Waals surface area contributed by atoms with E-state index in [1.165, 1.54) is 18.9 Å². The van der Waals surface area contributed by atoms with Crippen molar-refractivity contribution in [1.82, 2.24) is 14.9 Å². The molecule has 0 radical (unpaired) electrons. The molecule has 4 rings (SSSR count). The molecule has 0 aromatic carbocycles. The number of carbonyl (C=O) groups excluding carboxylic acids is 2. The van der Waals surface area contributed by atoms with Gasteiger partial charge in [-0.05, 0) is 38.5 Å². The maximum Gasteiger partial charge on any atom is 0.253 e. The van der Waals surface area contributed by atoms with Crippen LogP contribution in [0.2, 0.25) is 0 Å². The van der Waals surface area contributed by atoms with Crippen LogP contribution in [-0.4, -0.2) is 52.6 Å². The smallest absolute Gasteiger partial charge is 0.253 e. The van der Waals surface area contributed by atoms with Crippen LogP contribution < -0.4 is 4.90 Å². The normalized spacial score (nSPS) is 21.6. The lowest BCUT2D eigenvalue weighted by Crippen LogP contribution is -2.35. The van der Waals surface area contributed by atoms with Crippen molar-refractivity contribution in [2.45, 2.75) is 38.5 Å². The second-order valence-corrected chi connectivity index (χ2v) is 6.74. The van der Waals surface area contributed by atoms with Gasteiger partial charge in [0.05, 0.1) is 11.9 Å². The van der Waals surface area contributed by atoms with E-state index in [4.69, 9.17) is 4.98 Å². The van der Waals surface area contributed by atoms with E-state index in [-0.39, 0.29) is 5.69 Å². The van der Waals surface area contributed by atoms with Gasteiger partial charge >= 0.3 is 0 Å². The fraction of sp³-hybridized carbons (Fsp3) is 0.556. The van der Waals surface area contributed by atoms with Crippen molar-refractivity contribution in [2.24, 2.45) is 0 Å². The zero-order chi connectivity index (χ0) is 16.5. The zero-order valence-corrected chi connectivity index (χ0v) is 13.8. The first-order chi connectivity index (χ1) is 11.7. The average molecular weight is 326 g/mol. The lowest BCUT2D eigenvalue weighted by molar-refractivity contribution is -0.111. The number of hydrogen-bond acceptors (Lipinski definition) is 6. The molecular formula is C18H22N4O2. The van der Waals surface area contributed by atoms with E-state index in [0.717, 1.165) is 63.4 Å². The number of carbonyl (C=O) groups is 2. The van der Waals surface area contributed by atoms with E-state index in [2.05, 4.69) is 14.8 Å². The summed E-state index contributed by atoms with van der Waals surface area (Å²) in [5.74, 6) is -0.204. The Morgan fingerprint density at radius 2 is 1.42 bits per heavy atom. The SMILES string of the molecule is O=C1C=C(N2CCCCC2)c2nc(N3CCCCC3)cnc2C1=O. The van der Waals surface area contributed by atoms with Gasteiger partial charge in [0.1, 0.15) is 17.2 Å². The van der Waals surface area contributed by atoms with Gasteiger partial charge in [-0.2, -0.15) is 0 Å². The topological polar surface area (TPSA) is 66.4 Å². The van der Waals surface area contributed by atoms with Crippen LogP contribution in [0.25, 0.3) is 5.70 Å². The minimum absolute atomic E-state index is 0.212. The Balaban J connectivity index is 1.73. The van der Waals surface area contributed by atoms with Gasteiger partial charge in [-0.15, -0.1) is 0 Å². The summed E-state index contributed by atoms with van der Waals surface area (Å²) < 4.78 is 0. The zero-order valence-electron chi connectivity index (χ0n) is 13.8. The highest BCUT2D eigenvalue weighted by Gasteiger charge is 2.32. The maximum absolute atomic E-state index is 12.2. The second-order valence-electron chi connectivity index (χ2n) is 6.74. The molecule has 6 heteroatoms. The van der Waals surface area contributed by atoms with Crippen LogP contribution in [0.1, 0.15) is 54.7 Å². The Morgan fingerprint density at radius 1 is 0.792 bits per heavy atom. The third-order valence-corrected chi connectivity index (χ3v) is 5.09. The summed E-state index contributed by atoms with van der Waals surface area (Å²) in [6, 6.07) is 0. The highest BCUT2D eigenvalue weighted by molar-refractivity contribution is 6.49. The number of Topliss-reactive ketones (excluding diaryl/α,β-unsaturated/α-hetero) is 1. The fourth-order valence-corrected chi connectivity index (χ4v) is 3.75. The number of fused-ring (bicyclic) bond motifs is 1. The molecule has 1 aromatic rings. The minimum Gasteiger partial charge on any atom is -0.370 e. The average Bonchev–Trinajstić information content (AvgIpc) is 2.66. The second kappa shape index (κ2) is 6.34. The molecule has 2 fully saturated rings. The first-order valence-corrected chi connectivity index (χ1v) is 8.92. The summed E-state index contributed by atoms with van der Waals surface area (Å²) in [5, 5.41) is 0. The largest absolute Gasteiger partial charge is 0.370 e. The van der Waals surface area contributed by atoms with E-state index in [1.807, 2.05) is 0 Å². The lowest BCUT2D eigenvalue weighted by atomic mass is 9.99. The molecular weight excluding hydrogens is 304 g/mol. The maximum atomic E-state index is 12.2. The summed E-state index contributed by atoms with van der Waals surface area (Å²) in [5.41, 5.74) is 1.58. The Hall–Kier alpha value is -2.24. The number of likely N-dealkylation sites (tertiary alicyclic amines) is 1. The molecule has 2 aliphatic heterocycles. The number of nitrogens with zero attached hydrogens (tertiary/aromatic N) is 4. The van der Waals surface area contributed by atoms with Crippen LogP contribution >= 0.6 is 0 Å². The molecule has 1 aliphatic carbocycles. The monoisotopic (exact) mass is 326 g/mol. The van der Waals surface area contributed by atoms with Crippen molar-refractivity contribution in [1.29, 1.82) is 0 Å². The van der Waals surface area contributed by atoms with Gasteiger partial charge in [0, 0.05) is 32.3 Å². The van der Waals surface area contributed by atoms with Gasteiger partial charge < -0.3 is 9.80 Å². The highest BCUT2D eigenvalue weighted by Crippen LogP contribution is 2.29. The number of anilines is 1. The fourth-order valence-electron chi connectivity index (χ4n) is 3.75. The molecule has 0 amide bonds. The quantitative estimate of drug-likeness (QED) is 0.775. The van der Waals surface area contributed by atoms with Crippen molar-refractivity contribution in [3.8, 4) is 0 Å². The van der Waals surface area contributed by atoms with Gasteiger partial charge in [-0.1, -0.05) is 0 Å². The molecule has 0 unspecified atom stereocenters. The number of allylic oxidation sites excluding steroid dienone is 1. The molecule has 3 aliphatic rings. The molecule has 0 saturated carbocycles. The highest BCUT2D eigenvalue weighted by atomic mass is 16.2. The van der Waals surface area contributed by atoms with Crippen molar-refractivity contribution in [2.75, 3.05) is 31.1 Å². The predicted molar refractivity (Wildman–Crippen MR) is 90.8 cm³/mol. The third-order valence-electron chi connectivity index (χ3n) is 5.09. The Kier molecular flexibility index (Phi) is 4.04. The van der Waals surface area contributed by atoms with Crippen LogP contribution in [0.5, 0.6) is 0 Å². The lowest BCUT2D eigenvalue weighted by Gasteiger charge is -2.33. The van der Waals surface area contributed by atoms with Crippen molar-refractivity contribution in [3.63, 3.8) is 0 Å². The Labute approximate surface area is 141 Å². The molecule has 0 bridgehead atoms. The van der Waals surface area contributed by atoms with E-state index in [1.54, 1.807) is 6.20 Å². The molecule has 126 valence electrons. The standard InChI is InChI=1S/C18H22N4O2/c23-14-11-13(21-7-3-1-4-8-21)16-17(18(14)24)19-12-15(20-16)22-9-5-2-6-10-22/h11-12H,1-10H2. The first kappa shape index (κ1) is 15.3. The van der Waals surface area contributed by atoms with Crippen LogP contribution in [0.4, 0.5) is 5.82 Å². The van der Waals surface area contributed by atoms with Crippen LogP contribution in [0, 0.1) is 0 Å². The molecule has 1 aromatic heterocycles.